The molecule has 2 aliphatic rings. The number of fused-ring (bicyclic) bond motifs is 2. The minimum atomic E-state index is 0.434. The normalized spacial score (nSPS) is 35.1. The minimum absolute atomic E-state index is 0.434. The van der Waals surface area contributed by atoms with Crippen LogP contribution in [0.15, 0.2) is 5.38 Å². The van der Waals surface area contributed by atoms with Gasteiger partial charge in [0.15, 0.2) is 5.13 Å². The second-order valence-electron chi connectivity index (χ2n) is 4.15. The van der Waals surface area contributed by atoms with Gasteiger partial charge in [0.1, 0.15) is 0 Å². The highest BCUT2D eigenvalue weighted by Gasteiger charge is 2.40. The molecule has 0 amide bonds. The van der Waals surface area contributed by atoms with Gasteiger partial charge in [0, 0.05) is 5.38 Å². The highest BCUT2D eigenvalue weighted by Crippen LogP contribution is 2.36. The molecule has 3 rings (SSSR count). The van der Waals surface area contributed by atoms with E-state index in [9.17, 15) is 0 Å². The molecule has 0 aliphatic carbocycles. The summed E-state index contributed by atoms with van der Waals surface area (Å²) in [5, 5.41) is 6.60. The van der Waals surface area contributed by atoms with Crippen molar-refractivity contribution in [3.8, 4) is 0 Å². The Labute approximate surface area is 87.5 Å². The molecule has 1 N–H and O–H groups in total. The Hall–Kier alpha value is -0.610. The molecule has 0 aromatic carbocycles. The topological polar surface area (TPSA) is 34.1 Å². The third-order valence-corrected chi connectivity index (χ3v) is 3.93. The molecule has 3 nitrogen and oxygen atoms in total. The lowest BCUT2D eigenvalue weighted by Gasteiger charge is -2.19. The van der Waals surface area contributed by atoms with Crippen molar-refractivity contribution in [2.75, 3.05) is 5.32 Å². The van der Waals surface area contributed by atoms with Crippen molar-refractivity contribution >= 4 is 16.5 Å². The number of aryl methyl sites for hydroxylation is 1. The lowest BCUT2D eigenvalue weighted by molar-refractivity contribution is 0.102. The molecule has 2 bridgehead atoms. The smallest absolute Gasteiger partial charge is 0.183 e. The number of hydrogen-bond acceptors (Lipinski definition) is 4. The van der Waals surface area contributed by atoms with E-state index in [1.54, 1.807) is 11.3 Å². The minimum Gasteiger partial charge on any atom is -0.373 e. The molecule has 2 fully saturated rings. The van der Waals surface area contributed by atoms with Crippen molar-refractivity contribution < 1.29 is 4.74 Å². The fourth-order valence-electron chi connectivity index (χ4n) is 2.37. The maximum atomic E-state index is 5.78. The highest BCUT2D eigenvalue weighted by molar-refractivity contribution is 7.13. The largest absolute Gasteiger partial charge is 0.373 e. The van der Waals surface area contributed by atoms with Crippen LogP contribution < -0.4 is 5.32 Å². The summed E-state index contributed by atoms with van der Waals surface area (Å²) < 4.78 is 5.78. The number of anilines is 1. The fraction of sp³-hybridized carbons (Fsp3) is 0.700. The van der Waals surface area contributed by atoms with Gasteiger partial charge >= 0.3 is 0 Å². The summed E-state index contributed by atoms with van der Waals surface area (Å²) in [4.78, 5) is 4.41. The zero-order chi connectivity index (χ0) is 9.54. The van der Waals surface area contributed by atoms with Crippen molar-refractivity contribution in [3.05, 3.63) is 11.1 Å². The van der Waals surface area contributed by atoms with E-state index in [1.165, 1.54) is 12.8 Å². The Morgan fingerprint density at radius 2 is 2.50 bits per heavy atom. The lowest BCUT2D eigenvalue weighted by atomic mass is 9.96. The Morgan fingerprint density at radius 1 is 1.57 bits per heavy atom. The molecular formula is C10H14N2OS. The van der Waals surface area contributed by atoms with E-state index < -0.39 is 0 Å². The number of rotatable bonds is 2. The van der Waals surface area contributed by atoms with Gasteiger partial charge in [-0.15, -0.1) is 11.3 Å². The summed E-state index contributed by atoms with van der Waals surface area (Å²) in [5.74, 6) is 0. The molecule has 2 aliphatic heterocycles. The summed E-state index contributed by atoms with van der Waals surface area (Å²) in [6.07, 6.45) is 4.57. The van der Waals surface area contributed by atoms with Crippen LogP contribution in [0, 0.1) is 6.92 Å². The molecule has 0 saturated carbocycles. The molecule has 1 aromatic heterocycles. The van der Waals surface area contributed by atoms with Crippen LogP contribution in [0.5, 0.6) is 0 Å². The maximum absolute atomic E-state index is 5.78. The maximum Gasteiger partial charge on any atom is 0.183 e. The highest BCUT2D eigenvalue weighted by atomic mass is 32.1. The first-order valence-corrected chi connectivity index (χ1v) is 6.03. The number of thiazole rings is 1. The monoisotopic (exact) mass is 210 g/mol. The molecular weight excluding hydrogens is 196 g/mol. The third kappa shape index (κ3) is 1.42. The third-order valence-electron chi connectivity index (χ3n) is 3.03. The van der Waals surface area contributed by atoms with Gasteiger partial charge in [-0.05, 0) is 26.2 Å². The van der Waals surface area contributed by atoms with Gasteiger partial charge in [-0.3, -0.25) is 0 Å². The van der Waals surface area contributed by atoms with Crippen LogP contribution in [0.3, 0.4) is 0 Å². The molecule has 3 unspecified atom stereocenters. The first kappa shape index (κ1) is 8.68. The zero-order valence-corrected chi connectivity index (χ0v) is 9.01. The van der Waals surface area contributed by atoms with Crippen LogP contribution in [-0.2, 0) is 4.74 Å². The molecule has 4 heteroatoms. The number of ether oxygens (including phenoxy) is 1. The Bertz CT molecular complexity index is 339. The van der Waals surface area contributed by atoms with Crippen molar-refractivity contribution in [1.82, 2.24) is 4.98 Å². The average molecular weight is 210 g/mol. The number of nitrogens with one attached hydrogen (secondary N) is 1. The number of nitrogens with zero attached hydrogens (tertiary/aromatic N) is 1. The van der Waals surface area contributed by atoms with Gasteiger partial charge in [0.05, 0.1) is 23.9 Å². The first-order valence-electron chi connectivity index (χ1n) is 5.15. The standard InChI is InChI=1S/C10H14N2OS/c1-6-5-14-10(11-6)12-8-4-7-2-3-9(8)13-7/h5,7-9H,2-4H2,1H3,(H,11,12). The van der Waals surface area contributed by atoms with Crippen molar-refractivity contribution in [1.29, 1.82) is 0 Å². The van der Waals surface area contributed by atoms with Crippen LogP contribution in [-0.4, -0.2) is 23.2 Å². The molecule has 14 heavy (non-hydrogen) atoms. The molecule has 3 heterocycles. The summed E-state index contributed by atoms with van der Waals surface area (Å²) in [5.41, 5.74) is 1.10. The van der Waals surface area contributed by atoms with E-state index in [4.69, 9.17) is 4.74 Å². The van der Waals surface area contributed by atoms with E-state index in [0.29, 0.717) is 18.2 Å². The molecule has 76 valence electrons. The van der Waals surface area contributed by atoms with Crippen LogP contribution >= 0.6 is 11.3 Å². The lowest BCUT2D eigenvalue weighted by Crippen LogP contribution is -2.30. The number of hydrogen-bond donors (Lipinski definition) is 1. The van der Waals surface area contributed by atoms with Crippen LogP contribution in [0.25, 0.3) is 0 Å². The van der Waals surface area contributed by atoms with Gasteiger partial charge < -0.3 is 10.1 Å². The second kappa shape index (κ2) is 3.21. The summed E-state index contributed by atoms with van der Waals surface area (Å²) >= 11 is 1.69. The Kier molecular flexibility index (Phi) is 1.99. The Morgan fingerprint density at radius 3 is 3.07 bits per heavy atom. The SMILES string of the molecule is Cc1csc(NC2CC3CCC2O3)n1. The predicted octanol–water partition coefficient (Wildman–Crippen LogP) is 2.18. The zero-order valence-electron chi connectivity index (χ0n) is 8.19. The van der Waals surface area contributed by atoms with Crippen LogP contribution in [0.1, 0.15) is 25.0 Å². The van der Waals surface area contributed by atoms with Crippen molar-refractivity contribution in [2.45, 2.75) is 44.4 Å². The second-order valence-corrected chi connectivity index (χ2v) is 5.01. The van der Waals surface area contributed by atoms with E-state index in [2.05, 4.69) is 15.7 Å². The van der Waals surface area contributed by atoms with Gasteiger partial charge in [0.2, 0.25) is 0 Å². The van der Waals surface area contributed by atoms with Crippen LogP contribution in [0.4, 0.5) is 5.13 Å². The van der Waals surface area contributed by atoms with Crippen molar-refractivity contribution in [3.63, 3.8) is 0 Å². The summed E-state index contributed by atoms with van der Waals surface area (Å²) in [6, 6.07) is 0.499. The quantitative estimate of drug-likeness (QED) is 0.812. The molecule has 0 spiro atoms. The van der Waals surface area contributed by atoms with E-state index in [0.717, 1.165) is 17.2 Å². The van der Waals surface area contributed by atoms with Gasteiger partial charge in [-0.25, -0.2) is 4.98 Å². The first-order chi connectivity index (χ1) is 6.81. The van der Waals surface area contributed by atoms with Crippen molar-refractivity contribution in [2.24, 2.45) is 0 Å². The molecule has 3 atom stereocenters. The molecule has 0 radical (unpaired) electrons. The summed E-state index contributed by atoms with van der Waals surface area (Å²) in [7, 11) is 0. The number of aromatic nitrogens is 1. The van der Waals surface area contributed by atoms with E-state index in [-0.39, 0.29) is 0 Å². The predicted molar refractivity (Wildman–Crippen MR) is 56.8 cm³/mol. The Balaban J connectivity index is 1.68. The van der Waals surface area contributed by atoms with E-state index in [1.807, 2.05) is 6.92 Å². The fourth-order valence-corrected chi connectivity index (χ4v) is 3.12. The van der Waals surface area contributed by atoms with Gasteiger partial charge in [-0.1, -0.05) is 0 Å². The van der Waals surface area contributed by atoms with E-state index >= 15 is 0 Å². The van der Waals surface area contributed by atoms with Gasteiger partial charge in [-0.2, -0.15) is 0 Å². The van der Waals surface area contributed by atoms with Crippen LogP contribution in [0.2, 0.25) is 0 Å². The molecule has 1 aromatic rings. The molecule has 2 saturated heterocycles. The summed E-state index contributed by atoms with van der Waals surface area (Å²) in [6.45, 7) is 2.03. The average Bonchev–Trinajstić information content (AvgIpc) is 2.82. The van der Waals surface area contributed by atoms with Gasteiger partial charge in [0.25, 0.3) is 0 Å².